The second-order valence-electron chi connectivity index (χ2n) is 8.93. The molecule has 1 atom stereocenters. The van der Waals surface area contributed by atoms with Crippen molar-refractivity contribution >= 4 is 33.8 Å². The van der Waals surface area contributed by atoms with E-state index in [2.05, 4.69) is 88.0 Å². The molecule has 7 rings (SSSR count). The first kappa shape index (κ1) is 21.3. The Morgan fingerprint density at radius 1 is 0.622 bits per heavy atom. The van der Waals surface area contributed by atoms with Crippen LogP contribution in [0.15, 0.2) is 132 Å². The van der Waals surface area contributed by atoms with Crippen LogP contribution in [0.5, 0.6) is 5.75 Å². The summed E-state index contributed by atoms with van der Waals surface area (Å²) in [5.41, 5.74) is 7.84. The molecule has 0 radical (unpaired) electrons. The summed E-state index contributed by atoms with van der Waals surface area (Å²) in [4.78, 5) is 6.87. The number of aromatic nitrogens is 1. The second kappa shape index (κ2) is 8.88. The smallest absolute Gasteiger partial charge is 0.227 e. The van der Waals surface area contributed by atoms with Crippen molar-refractivity contribution in [3.8, 4) is 17.2 Å². The van der Waals surface area contributed by atoms with Crippen LogP contribution >= 0.6 is 0 Å². The van der Waals surface area contributed by atoms with E-state index in [9.17, 15) is 0 Å². The van der Waals surface area contributed by atoms with Gasteiger partial charge in [0.25, 0.3) is 0 Å². The lowest BCUT2D eigenvalue weighted by Gasteiger charge is -2.26. The van der Waals surface area contributed by atoms with E-state index in [1.165, 1.54) is 0 Å². The van der Waals surface area contributed by atoms with Gasteiger partial charge in [-0.1, -0.05) is 54.6 Å². The van der Waals surface area contributed by atoms with E-state index in [0.29, 0.717) is 5.89 Å². The summed E-state index contributed by atoms with van der Waals surface area (Å²) in [5.74, 6) is 1.50. The molecule has 0 fully saturated rings. The Morgan fingerprint density at radius 2 is 1.27 bits per heavy atom. The van der Waals surface area contributed by atoms with Crippen molar-refractivity contribution in [1.82, 2.24) is 4.98 Å². The third-order valence-electron chi connectivity index (χ3n) is 6.55. The Morgan fingerprint density at radius 3 is 2.03 bits per heavy atom. The van der Waals surface area contributed by atoms with Crippen molar-refractivity contribution in [2.75, 3.05) is 10.2 Å². The topological polar surface area (TPSA) is 50.5 Å². The van der Waals surface area contributed by atoms with E-state index in [1.807, 2.05) is 54.6 Å². The van der Waals surface area contributed by atoms with Gasteiger partial charge < -0.3 is 19.4 Å². The van der Waals surface area contributed by atoms with Gasteiger partial charge in [0.1, 0.15) is 11.3 Å². The van der Waals surface area contributed by atoms with Crippen LogP contribution in [0, 0.1) is 0 Å². The summed E-state index contributed by atoms with van der Waals surface area (Å²) in [6.07, 6.45) is -0.202. The van der Waals surface area contributed by atoms with Gasteiger partial charge in [-0.3, -0.25) is 0 Å². The van der Waals surface area contributed by atoms with Crippen LogP contribution in [-0.2, 0) is 0 Å². The molecule has 0 bridgehead atoms. The normalized spacial score (nSPS) is 14.1. The second-order valence-corrected chi connectivity index (χ2v) is 8.93. The summed E-state index contributed by atoms with van der Waals surface area (Å²) in [6, 6.07) is 43.0. The fraction of sp³-hybridized carbons (Fsp3) is 0.0312. The highest BCUT2D eigenvalue weighted by atomic mass is 16.5. The lowest BCUT2D eigenvalue weighted by atomic mass is 10.1. The van der Waals surface area contributed by atoms with Gasteiger partial charge in [-0.25, -0.2) is 4.98 Å². The van der Waals surface area contributed by atoms with Crippen molar-refractivity contribution in [2.24, 2.45) is 0 Å². The highest BCUT2D eigenvalue weighted by molar-refractivity contribution is 5.79. The van der Waals surface area contributed by atoms with Crippen LogP contribution < -0.4 is 15.0 Å². The van der Waals surface area contributed by atoms with E-state index in [1.54, 1.807) is 0 Å². The van der Waals surface area contributed by atoms with Gasteiger partial charge in [0, 0.05) is 28.2 Å². The number of anilines is 4. The Bertz CT molecular complexity index is 1620. The summed E-state index contributed by atoms with van der Waals surface area (Å²) < 4.78 is 12.1. The third kappa shape index (κ3) is 3.96. The van der Waals surface area contributed by atoms with E-state index in [0.717, 1.165) is 50.7 Å². The molecule has 1 aliphatic heterocycles. The first-order chi connectivity index (χ1) is 18.3. The van der Waals surface area contributed by atoms with Crippen LogP contribution in [0.4, 0.5) is 22.7 Å². The monoisotopic (exact) mass is 481 g/mol. The summed E-state index contributed by atoms with van der Waals surface area (Å²) >= 11 is 0. The van der Waals surface area contributed by atoms with Crippen LogP contribution in [-0.4, -0.2) is 4.98 Å². The molecule has 0 saturated heterocycles. The average Bonchev–Trinajstić information content (AvgIpc) is 3.59. The lowest BCUT2D eigenvalue weighted by molar-refractivity contribution is 0.260. The van der Waals surface area contributed by atoms with Crippen molar-refractivity contribution in [3.63, 3.8) is 0 Å². The highest BCUT2D eigenvalue weighted by Crippen LogP contribution is 2.39. The molecule has 1 N–H and O–H groups in total. The molecular formula is C32H23N3O2. The number of fused-ring (bicyclic) bond motifs is 2. The largest absolute Gasteiger partial charge is 0.464 e. The fourth-order valence-electron chi connectivity index (χ4n) is 4.71. The first-order valence-electron chi connectivity index (χ1n) is 12.3. The molecule has 5 nitrogen and oxygen atoms in total. The summed E-state index contributed by atoms with van der Waals surface area (Å²) in [5, 5.41) is 3.44. The Balaban J connectivity index is 1.20. The number of hydrogen-bond acceptors (Lipinski definition) is 5. The lowest BCUT2D eigenvalue weighted by Crippen LogP contribution is -2.12. The molecule has 0 aliphatic carbocycles. The Labute approximate surface area is 214 Å². The van der Waals surface area contributed by atoms with Gasteiger partial charge in [0.15, 0.2) is 11.8 Å². The van der Waals surface area contributed by atoms with E-state index >= 15 is 0 Å². The molecular weight excluding hydrogens is 458 g/mol. The zero-order valence-electron chi connectivity index (χ0n) is 19.9. The number of hydrogen-bond donors (Lipinski definition) is 1. The minimum Gasteiger partial charge on any atom is -0.464 e. The van der Waals surface area contributed by atoms with Crippen LogP contribution in [0.2, 0.25) is 0 Å². The van der Waals surface area contributed by atoms with Crippen molar-refractivity contribution in [3.05, 3.63) is 133 Å². The minimum absolute atomic E-state index is 0.202. The first-order valence-corrected chi connectivity index (χ1v) is 12.3. The number of oxazole rings is 1. The predicted molar refractivity (Wildman–Crippen MR) is 148 cm³/mol. The fourth-order valence-corrected chi connectivity index (χ4v) is 4.71. The molecule has 1 unspecified atom stereocenters. The Kier molecular flexibility index (Phi) is 5.10. The number of nitrogens with one attached hydrogen (secondary N) is 1. The number of benzene rings is 5. The van der Waals surface area contributed by atoms with Crippen LogP contribution in [0.25, 0.3) is 22.6 Å². The third-order valence-corrected chi connectivity index (χ3v) is 6.55. The van der Waals surface area contributed by atoms with Gasteiger partial charge in [0.05, 0.1) is 5.69 Å². The molecule has 178 valence electrons. The molecule has 6 aromatic rings. The van der Waals surface area contributed by atoms with E-state index in [-0.39, 0.29) is 6.23 Å². The van der Waals surface area contributed by atoms with Gasteiger partial charge in [-0.2, -0.15) is 0 Å². The zero-order valence-corrected chi connectivity index (χ0v) is 19.9. The summed E-state index contributed by atoms with van der Waals surface area (Å²) in [6.45, 7) is 0. The molecule has 1 aromatic heterocycles. The molecule has 0 amide bonds. The molecule has 37 heavy (non-hydrogen) atoms. The van der Waals surface area contributed by atoms with Gasteiger partial charge in [-0.15, -0.1) is 0 Å². The van der Waals surface area contributed by atoms with Gasteiger partial charge in [0.2, 0.25) is 5.89 Å². The number of ether oxygens (including phenoxy) is 1. The van der Waals surface area contributed by atoms with Crippen molar-refractivity contribution in [2.45, 2.75) is 6.23 Å². The number of rotatable bonds is 5. The Hall–Kier alpha value is -5.03. The standard InChI is InChI=1S/C32H23N3O2/c1-2-8-24(9-3-1)35(25-18-14-22(15-19-25)31-33-27-10-4-6-12-29(27)36-31)26-20-16-23(17-21-26)32-34-28-11-5-7-13-30(28)37-32/h1-21,31,33H. The van der Waals surface area contributed by atoms with E-state index < -0.39 is 0 Å². The van der Waals surface area contributed by atoms with Crippen LogP contribution in [0.3, 0.4) is 0 Å². The van der Waals surface area contributed by atoms with Crippen LogP contribution in [0.1, 0.15) is 11.8 Å². The molecule has 2 heterocycles. The van der Waals surface area contributed by atoms with Crippen molar-refractivity contribution in [1.29, 1.82) is 0 Å². The molecule has 0 spiro atoms. The number of para-hydroxylation sites is 5. The molecule has 5 aromatic carbocycles. The minimum atomic E-state index is -0.202. The van der Waals surface area contributed by atoms with E-state index in [4.69, 9.17) is 9.15 Å². The number of nitrogens with zero attached hydrogens (tertiary/aromatic N) is 2. The maximum absolute atomic E-state index is 6.10. The maximum atomic E-state index is 6.10. The average molecular weight is 482 g/mol. The van der Waals surface area contributed by atoms with Gasteiger partial charge in [-0.05, 0) is 72.8 Å². The molecule has 5 heteroatoms. The summed E-state index contributed by atoms with van der Waals surface area (Å²) in [7, 11) is 0. The predicted octanol–water partition coefficient (Wildman–Crippen LogP) is 8.47. The zero-order chi connectivity index (χ0) is 24.6. The quantitative estimate of drug-likeness (QED) is 0.268. The van der Waals surface area contributed by atoms with Gasteiger partial charge >= 0.3 is 0 Å². The SMILES string of the molecule is c1ccc(N(c2ccc(-c3nc4ccccc4o3)cc2)c2ccc(C3Nc4ccccc4O3)cc2)cc1. The molecule has 1 aliphatic rings. The van der Waals surface area contributed by atoms with Crippen molar-refractivity contribution < 1.29 is 9.15 Å². The highest BCUT2D eigenvalue weighted by Gasteiger charge is 2.23. The molecule has 0 saturated carbocycles. The maximum Gasteiger partial charge on any atom is 0.227 e.